The molecule has 0 bridgehead atoms. The van der Waals surface area contributed by atoms with Gasteiger partial charge in [0.15, 0.2) is 0 Å². The number of nitrogens with zero attached hydrogens (tertiary/aromatic N) is 2. The maximum absolute atomic E-state index is 4.31. The molecule has 0 atom stereocenters. The third-order valence-corrected chi connectivity index (χ3v) is 3.07. The highest BCUT2D eigenvalue weighted by Crippen LogP contribution is 2.05. The van der Waals surface area contributed by atoms with Crippen LogP contribution in [0.3, 0.4) is 0 Å². The lowest BCUT2D eigenvalue weighted by Gasteiger charge is -2.05. The molecule has 0 fully saturated rings. The van der Waals surface area contributed by atoms with Gasteiger partial charge in [-0.05, 0) is 29.3 Å². The van der Waals surface area contributed by atoms with Crippen LogP contribution >= 0.6 is 11.3 Å². The van der Waals surface area contributed by atoms with Crippen molar-refractivity contribution in [2.45, 2.75) is 26.6 Å². The number of aryl methyl sites for hydroxylation is 1. The molecule has 3 nitrogen and oxygen atoms in total. The molecule has 2 aromatic heterocycles. The van der Waals surface area contributed by atoms with Crippen molar-refractivity contribution in [2.24, 2.45) is 0 Å². The largest absolute Gasteiger partial charge is 0.334 e. The molecule has 80 valence electrons. The first-order chi connectivity index (χ1) is 7.40. The van der Waals surface area contributed by atoms with Gasteiger partial charge in [-0.15, -0.1) is 0 Å². The molecule has 0 unspecified atom stereocenters. The van der Waals surface area contributed by atoms with E-state index < -0.39 is 0 Å². The van der Waals surface area contributed by atoms with Crippen LogP contribution in [0.4, 0.5) is 0 Å². The number of hydrogen-bond donors (Lipinski definition) is 1. The van der Waals surface area contributed by atoms with E-state index in [0.29, 0.717) is 0 Å². The summed E-state index contributed by atoms with van der Waals surface area (Å²) in [5, 5.41) is 7.66. The fourth-order valence-electron chi connectivity index (χ4n) is 1.51. The van der Waals surface area contributed by atoms with Crippen molar-refractivity contribution < 1.29 is 0 Å². The summed E-state index contributed by atoms with van der Waals surface area (Å²) in [7, 11) is 0. The van der Waals surface area contributed by atoms with E-state index in [-0.39, 0.29) is 0 Å². The van der Waals surface area contributed by atoms with Gasteiger partial charge in [-0.3, -0.25) is 0 Å². The fourth-order valence-corrected chi connectivity index (χ4v) is 2.18. The maximum atomic E-state index is 4.31. The number of imidazole rings is 1. The summed E-state index contributed by atoms with van der Waals surface area (Å²) in [6.07, 6.45) is 3.87. The van der Waals surface area contributed by atoms with E-state index in [9.17, 15) is 0 Å². The van der Waals surface area contributed by atoms with Crippen molar-refractivity contribution in [3.8, 4) is 0 Å². The molecule has 0 saturated carbocycles. The van der Waals surface area contributed by atoms with Crippen molar-refractivity contribution in [1.29, 1.82) is 0 Å². The van der Waals surface area contributed by atoms with E-state index in [1.54, 1.807) is 11.3 Å². The Bertz CT molecular complexity index is 392. The number of nitrogens with one attached hydrogen (secondary N) is 1. The van der Waals surface area contributed by atoms with E-state index in [4.69, 9.17) is 0 Å². The van der Waals surface area contributed by atoms with Crippen LogP contribution in [-0.4, -0.2) is 9.55 Å². The van der Waals surface area contributed by atoms with Crippen LogP contribution in [0.5, 0.6) is 0 Å². The monoisotopic (exact) mass is 221 g/mol. The second-order valence-electron chi connectivity index (χ2n) is 3.36. The third kappa shape index (κ3) is 2.67. The number of rotatable bonds is 5. The molecule has 1 N–H and O–H groups in total. The Hall–Kier alpha value is -1.13. The van der Waals surface area contributed by atoms with Crippen molar-refractivity contribution in [3.63, 3.8) is 0 Å². The van der Waals surface area contributed by atoms with Crippen LogP contribution in [0.25, 0.3) is 0 Å². The molecule has 0 radical (unpaired) electrons. The number of thiophene rings is 1. The summed E-state index contributed by atoms with van der Waals surface area (Å²) in [6.45, 7) is 4.86. The normalized spacial score (nSPS) is 10.7. The lowest BCUT2D eigenvalue weighted by atomic mass is 10.3. The topological polar surface area (TPSA) is 29.9 Å². The van der Waals surface area contributed by atoms with Gasteiger partial charge >= 0.3 is 0 Å². The van der Waals surface area contributed by atoms with Crippen molar-refractivity contribution in [3.05, 3.63) is 40.6 Å². The second kappa shape index (κ2) is 5.09. The summed E-state index contributed by atoms with van der Waals surface area (Å²) in [6, 6.07) is 2.14. The zero-order valence-electron chi connectivity index (χ0n) is 8.81. The SMILES string of the molecule is CCn1ccnc1CNCc1ccsc1. The van der Waals surface area contributed by atoms with Crippen molar-refractivity contribution in [2.75, 3.05) is 0 Å². The molecule has 4 heteroatoms. The van der Waals surface area contributed by atoms with Crippen LogP contribution in [0, 0.1) is 0 Å². The molecule has 0 saturated heterocycles. The maximum Gasteiger partial charge on any atom is 0.122 e. The van der Waals surface area contributed by atoms with E-state index in [1.165, 1.54) is 5.56 Å². The van der Waals surface area contributed by atoms with Gasteiger partial charge in [0.25, 0.3) is 0 Å². The average molecular weight is 221 g/mol. The summed E-state index contributed by atoms with van der Waals surface area (Å²) in [5.41, 5.74) is 1.34. The minimum absolute atomic E-state index is 0.830. The van der Waals surface area contributed by atoms with Crippen LogP contribution in [0.1, 0.15) is 18.3 Å². The molecule has 15 heavy (non-hydrogen) atoms. The summed E-state index contributed by atoms with van der Waals surface area (Å²) >= 11 is 1.73. The first-order valence-corrected chi connectivity index (χ1v) is 6.06. The van der Waals surface area contributed by atoms with Crippen molar-refractivity contribution >= 4 is 11.3 Å². The lowest BCUT2D eigenvalue weighted by Crippen LogP contribution is -2.15. The average Bonchev–Trinajstić information content (AvgIpc) is 2.88. The van der Waals surface area contributed by atoms with Gasteiger partial charge < -0.3 is 9.88 Å². The molecular formula is C11H15N3S. The zero-order valence-corrected chi connectivity index (χ0v) is 9.63. The summed E-state index contributed by atoms with van der Waals surface area (Å²) < 4.78 is 2.15. The molecule has 2 aromatic rings. The minimum Gasteiger partial charge on any atom is -0.334 e. The van der Waals surface area contributed by atoms with E-state index in [0.717, 1.165) is 25.5 Å². The molecular weight excluding hydrogens is 206 g/mol. The smallest absolute Gasteiger partial charge is 0.122 e. The molecule has 0 aliphatic carbocycles. The summed E-state index contributed by atoms with van der Waals surface area (Å²) in [4.78, 5) is 4.31. The minimum atomic E-state index is 0.830. The quantitative estimate of drug-likeness (QED) is 0.839. The van der Waals surface area contributed by atoms with Gasteiger partial charge in [0, 0.05) is 25.5 Å². The third-order valence-electron chi connectivity index (χ3n) is 2.33. The van der Waals surface area contributed by atoms with Gasteiger partial charge in [0.05, 0.1) is 6.54 Å². The first kappa shape index (κ1) is 10.4. The Morgan fingerprint density at radius 2 is 2.40 bits per heavy atom. The fraction of sp³-hybridized carbons (Fsp3) is 0.364. The Kier molecular flexibility index (Phi) is 3.53. The van der Waals surface area contributed by atoms with Crippen LogP contribution in [0.15, 0.2) is 29.2 Å². The Morgan fingerprint density at radius 3 is 3.13 bits per heavy atom. The molecule has 2 heterocycles. The highest BCUT2D eigenvalue weighted by atomic mass is 32.1. The van der Waals surface area contributed by atoms with E-state index >= 15 is 0 Å². The number of aromatic nitrogens is 2. The predicted octanol–water partition coefficient (Wildman–Crippen LogP) is 2.25. The van der Waals surface area contributed by atoms with Gasteiger partial charge in [0.2, 0.25) is 0 Å². The lowest BCUT2D eigenvalue weighted by molar-refractivity contribution is 0.613. The molecule has 0 aliphatic rings. The van der Waals surface area contributed by atoms with Crippen LogP contribution in [-0.2, 0) is 19.6 Å². The highest BCUT2D eigenvalue weighted by Gasteiger charge is 2.00. The Morgan fingerprint density at radius 1 is 1.47 bits per heavy atom. The van der Waals surface area contributed by atoms with Crippen LogP contribution in [0.2, 0.25) is 0 Å². The first-order valence-electron chi connectivity index (χ1n) is 5.12. The van der Waals surface area contributed by atoms with Gasteiger partial charge in [-0.2, -0.15) is 11.3 Å². The molecule has 0 amide bonds. The summed E-state index contributed by atoms with van der Waals surface area (Å²) in [5.74, 6) is 1.10. The predicted molar refractivity (Wildman–Crippen MR) is 62.8 cm³/mol. The molecule has 0 aromatic carbocycles. The van der Waals surface area contributed by atoms with Gasteiger partial charge in [-0.1, -0.05) is 0 Å². The zero-order chi connectivity index (χ0) is 10.5. The number of hydrogen-bond acceptors (Lipinski definition) is 3. The molecule has 0 aliphatic heterocycles. The van der Waals surface area contributed by atoms with E-state index in [2.05, 4.69) is 38.6 Å². The standard InChI is InChI=1S/C11H15N3S/c1-2-14-5-4-13-11(14)8-12-7-10-3-6-15-9-10/h3-6,9,12H,2,7-8H2,1H3. The Balaban J connectivity index is 1.83. The van der Waals surface area contributed by atoms with E-state index in [1.807, 2.05) is 12.4 Å². The van der Waals surface area contributed by atoms with Gasteiger partial charge in [0.1, 0.15) is 5.82 Å². The Labute approximate surface area is 93.8 Å². The van der Waals surface area contributed by atoms with Crippen molar-refractivity contribution in [1.82, 2.24) is 14.9 Å². The molecule has 2 rings (SSSR count). The highest BCUT2D eigenvalue weighted by molar-refractivity contribution is 7.07. The van der Waals surface area contributed by atoms with Crippen LogP contribution < -0.4 is 5.32 Å². The second-order valence-corrected chi connectivity index (χ2v) is 4.14. The van der Waals surface area contributed by atoms with Gasteiger partial charge in [-0.25, -0.2) is 4.98 Å². The molecule has 0 spiro atoms.